The zero-order valence-corrected chi connectivity index (χ0v) is 14.5. The molecule has 1 N–H and O–H groups in total. The Kier molecular flexibility index (Phi) is 5.36. The zero-order valence-electron chi connectivity index (χ0n) is 13.7. The molecule has 25 heavy (non-hydrogen) atoms. The number of ketones is 1. The van der Waals surface area contributed by atoms with Gasteiger partial charge < -0.3 is 9.73 Å². The molecule has 4 nitrogen and oxygen atoms in total. The fourth-order valence-corrected chi connectivity index (χ4v) is 3.00. The Bertz CT molecular complexity index is 853. The van der Waals surface area contributed by atoms with Crippen molar-refractivity contribution in [2.24, 2.45) is 0 Å². The highest BCUT2D eigenvalue weighted by molar-refractivity contribution is 8.00. The second-order valence-electron chi connectivity index (χ2n) is 5.53. The number of benzene rings is 2. The van der Waals surface area contributed by atoms with Gasteiger partial charge >= 0.3 is 0 Å². The van der Waals surface area contributed by atoms with Gasteiger partial charge in [0, 0.05) is 16.1 Å². The Labute approximate surface area is 150 Å². The topological polar surface area (TPSA) is 59.3 Å². The second kappa shape index (κ2) is 7.85. The van der Waals surface area contributed by atoms with Crippen LogP contribution in [0.15, 0.2) is 76.2 Å². The van der Waals surface area contributed by atoms with Gasteiger partial charge in [0.05, 0.1) is 12.0 Å². The third kappa shape index (κ3) is 4.61. The fraction of sp³-hybridized carbons (Fsp3) is 0.100. The molecular formula is C20H17NO3S. The number of carbonyl (C=O) groups excluding carboxylic acids is 2. The standard InChI is InChI=1S/C20H17NO3S/c1-14-4-6-15(7-5-14)18(22)13-25-17-10-8-16(9-11-17)21-20(23)19-3-2-12-24-19/h2-12H,13H2,1H3,(H,21,23). The summed E-state index contributed by atoms with van der Waals surface area (Å²) in [5.74, 6) is 0.448. The SMILES string of the molecule is Cc1ccc(C(=O)CSc2ccc(NC(=O)c3ccco3)cc2)cc1. The molecule has 126 valence electrons. The molecule has 0 saturated carbocycles. The average molecular weight is 351 g/mol. The van der Waals surface area contributed by atoms with Crippen molar-refractivity contribution in [1.82, 2.24) is 0 Å². The van der Waals surface area contributed by atoms with Gasteiger partial charge in [-0.1, -0.05) is 29.8 Å². The van der Waals surface area contributed by atoms with E-state index in [2.05, 4.69) is 5.32 Å². The lowest BCUT2D eigenvalue weighted by atomic mass is 10.1. The molecule has 0 atom stereocenters. The highest BCUT2D eigenvalue weighted by Gasteiger charge is 2.09. The first-order valence-electron chi connectivity index (χ1n) is 7.79. The Balaban J connectivity index is 1.54. The van der Waals surface area contributed by atoms with E-state index in [9.17, 15) is 9.59 Å². The summed E-state index contributed by atoms with van der Waals surface area (Å²) in [5, 5.41) is 2.76. The Hall–Kier alpha value is -2.79. The first-order valence-corrected chi connectivity index (χ1v) is 8.78. The quantitative estimate of drug-likeness (QED) is 0.511. The molecule has 3 aromatic rings. The number of aryl methyl sites for hydroxylation is 1. The number of thioether (sulfide) groups is 1. The minimum Gasteiger partial charge on any atom is -0.459 e. The van der Waals surface area contributed by atoms with Crippen molar-refractivity contribution < 1.29 is 14.0 Å². The van der Waals surface area contributed by atoms with Crippen LogP contribution in [0, 0.1) is 6.92 Å². The van der Waals surface area contributed by atoms with E-state index in [0.29, 0.717) is 11.4 Å². The average Bonchev–Trinajstić information content (AvgIpc) is 3.16. The van der Waals surface area contributed by atoms with Crippen molar-refractivity contribution >= 4 is 29.1 Å². The van der Waals surface area contributed by atoms with E-state index >= 15 is 0 Å². The minimum atomic E-state index is -0.292. The smallest absolute Gasteiger partial charge is 0.291 e. The van der Waals surface area contributed by atoms with Gasteiger partial charge in [-0.25, -0.2) is 0 Å². The number of furan rings is 1. The van der Waals surface area contributed by atoms with Crippen molar-refractivity contribution in [2.75, 3.05) is 11.1 Å². The van der Waals surface area contributed by atoms with Crippen molar-refractivity contribution in [3.8, 4) is 0 Å². The molecule has 2 aromatic carbocycles. The number of hydrogen-bond donors (Lipinski definition) is 1. The van der Waals surface area contributed by atoms with Gasteiger partial charge in [0.25, 0.3) is 5.91 Å². The van der Waals surface area contributed by atoms with Crippen LogP contribution in [0.2, 0.25) is 0 Å². The first kappa shape index (κ1) is 17.0. The van der Waals surface area contributed by atoms with Gasteiger partial charge in [0.1, 0.15) is 0 Å². The Morgan fingerprint density at radius 1 is 1.00 bits per heavy atom. The van der Waals surface area contributed by atoms with E-state index in [-0.39, 0.29) is 17.5 Å². The number of anilines is 1. The van der Waals surface area contributed by atoms with Crippen molar-refractivity contribution in [3.63, 3.8) is 0 Å². The summed E-state index contributed by atoms with van der Waals surface area (Å²) in [6, 6.07) is 18.2. The van der Waals surface area contributed by atoms with E-state index < -0.39 is 0 Å². The predicted octanol–water partition coefficient (Wildman–Crippen LogP) is 4.82. The zero-order chi connectivity index (χ0) is 17.6. The maximum absolute atomic E-state index is 12.2. The lowest BCUT2D eigenvalue weighted by molar-refractivity contribution is 0.0994. The maximum Gasteiger partial charge on any atom is 0.291 e. The van der Waals surface area contributed by atoms with Crippen molar-refractivity contribution in [3.05, 3.63) is 83.8 Å². The highest BCUT2D eigenvalue weighted by atomic mass is 32.2. The monoisotopic (exact) mass is 351 g/mol. The normalized spacial score (nSPS) is 10.4. The van der Waals surface area contributed by atoms with Crippen LogP contribution in [0.1, 0.15) is 26.5 Å². The van der Waals surface area contributed by atoms with Gasteiger partial charge in [0.15, 0.2) is 11.5 Å². The summed E-state index contributed by atoms with van der Waals surface area (Å²) in [6.07, 6.45) is 1.46. The van der Waals surface area contributed by atoms with Crippen LogP contribution < -0.4 is 5.32 Å². The number of amides is 1. The molecule has 1 amide bonds. The minimum absolute atomic E-state index is 0.0974. The number of rotatable bonds is 6. The van der Waals surface area contributed by atoms with Crippen LogP contribution in [0.4, 0.5) is 5.69 Å². The van der Waals surface area contributed by atoms with E-state index in [4.69, 9.17) is 4.42 Å². The van der Waals surface area contributed by atoms with E-state index in [0.717, 1.165) is 16.0 Å². The molecule has 0 fully saturated rings. The number of carbonyl (C=O) groups is 2. The molecule has 0 aliphatic carbocycles. The van der Waals surface area contributed by atoms with Crippen molar-refractivity contribution in [1.29, 1.82) is 0 Å². The molecular weight excluding hydrogens is 334 g/mol. The van der Waals surface area contributed by atoms with E-state index in [1.807, 2.05) is 43.3 Å². The largest absolute Gasteiger partial charge is 0.459 e. The molecule has 1 heterocycles. The van der Waals surface area contributed by atoms with Crippen LogP contribution in [0.3, 0.4) is 0 Å². The summed E-state index contributed by atoms with van der Waals surface area (Å²) < 4.78 is 5.05. The number of nitrogens with one attached hydrogen (secondary N) is 1. The molecule has 0 aliphatic heterocycles. The molecule has 0 aliphatic rings. The summed E-state index contributed by atoms with van der Waals surface area (Å²) in [4.78, 5) is 25.1. The molecule has 0 spiro atoms. The molecule has 0 bridgehead atoms. The molecule has 5 heteroatoms. The first-order chi connectivity index (χ1) is 12.1. The van der Waals surface area contributed by atoms with Crippen LogP contribution in [-0.2, 0) is 0 Å². The van der Waals surface area contributed by atoms with Gasteiger partial charge in [-0.05, 0) is 43.3 Å². The summed E-state index contributed by atoms with van der Waals surface area (Å²) in [6.45, 7) is 2.00. The van der Waals surface area contributed by atoms with Gasteiger partial charge in [-0.15, -0.1) is 11.8 Å². The molecule has 0 radical (unpaired) electrons. The molecule has 1 aromatic heterocycles. The third-order valence-electron chi connectivity index (χ3n) is 3.60. The molecule has 3 rings (SSSR count). The van der Waals surface area contributed by atoms with Crippen molar-refractivity contribution in [2.45, 2.75) is 11.8 Å². The summed E-state index contributed by atoms with van der Waals surface area (Å²) in [5.41, 5.74) is 2.53. The van der Waals surface area contributed by atoms with Crippen LogP contribution in [-0.4, -0.2) is 17.4 Å². The predicted molar refractivity (Wildman–Crippen MR) is 99.3 cm³/mol. The summed E-state index contributed by atoms with van der Waals surface area (Å²) >= 11 is 1.47. The lowest BCUT2D eigenvalue weighted by Gasteiger charge is -2.05. The second-order valence-corrected chi connectivity index (χ2v) is 6.58. The van der Waals surface area contributed by atoms with E-state index in [1.165, 1.54) is 18.0 Å². The lowest BCUT2D eigenvalue weighted by Crippen LogP contribution is -2.10. The van der Waals surface area contributed by atoms with E-state index in [1.54, 1.807) is 24.3 Å². The third-order valence-corrected chi connectivity index (χ3v) is 4.61. The molecule has 0 saturated heterocycles. The van der Waals surface area contributed by atoms with Gasteiger partial charge in [0.2, 0.25) is 0 Å². The van der Waals surface area contributed by atoms with Crippen LogP contribution in [0.25, 0.3) is 0 Å². The van der Waals surface area contributed by atoms with Gasteiger partial charge in [-0.2, -0.15) is 0 Å². The van der Waals surface area contributed by atoms with Crippen LogP contribution >= 0.6 is 11.8 Å². The fourth-order valence-electron chi connectivity index (χ4n) is 2.21. The van der Waals surface area contributed by atoms with Crippen LogP contribution in [0.5, 0.6) is 0 Å². The highest BCUT2D eigenvalue weighted by Crippen LogP contribution is 2.22. The van der Waals surface area contributed by atoms with Gasteiger partial charge in [-0.3, -0.25) is 9.59 Å². The number of Topliss-reactive ketones (excluding diaryl/α,β-unsaturated/α-hetero) is 1. The Morgan fingerprint density at radius 2 is 1.72 bits per heavy atom. The number of hydrogen-bond acceptors (Lipinski definition) is 4. The maximum atomic E-state index is 12.2. The Morgan fingerprint density at radius 3 is 2.36 bits per heavy atom. The molecule has 0 unspecified atom stereocenters. The summed E-state index contributed by atoms with van der Waals surface area (Å²) in [7, 11) is 0.